The summed E-state index contributed by atoms with van der Waals surface area (Å²) >= 11 is 6.19. The molecule has 0 unspecified atom stereocenters. The first kappa shape index (κ1) is 15.7. The highest BCUT2D eigenvalue weighted by molar-refractivity contribution is 6.31. The molecule has 0 fully saturated rings. The number of nitrogen functional groups attached to an aromatic ring is 1. The Hall–Kier alpha value is -1.68. The van der Waals surface area contributed by atoms with Gasteiger partial charge in [0.05, 0.1) is 11.4 Å². The molecule has 2 rings (SSSR count). The van der Waals surface area contributed by atoms with Crippen LogP contribution in [0.4, 0.5) is 5.69 Å². The highest BCUT2D eigenvalue weighted by atomic mass is 35.5. The molecule has 0 aliphatic rings. The summed E-state index contributed by atoms with van der Waals surface area (Å²) in [4.78, 5) is 12.5. The van der Waals surface area contributed by atoms with Crippen molar-refractivity contribution in [3.05, 3.63) is 44.8 Å². The van der Waals surface area contributed by atoms with Crippen LogP contribution in [0.2, 0.25) is 5.02 Å². The third kappa shape index (κ3) is 2.86. The summed E-state index contributed by atoms with van der Waals surface area (Å²) in [6, 6.07) is 5.62. The summed E-state index contributed by atoms with van der Waals surface area (Å²) < 4.78 is 3.57. The number of aromatic nitrogens is 2. The number of nitrogens with two attached hydrogens (primary N) is 1. The summed E-state index contributed by atoms with van der Waals surface area (Å²) in [7, 11) is 0. The lowest BCUT2D eigenvalue weighted by molar-refractivity contribution is 0.519. The number of hydrogen-bond acceptors (Lipinski definition) is 2. The second-order valence-electron chi connectivity index (χ2n) is 5.72. The average Bonchev–Trinajstić information content (AvgIpc) is 2.66. The first-order valence-corrected chi connectivity index (χ1v) is 7.61. The second kappa shape index (κ2) is 5.98. The average molecular weight is 308 g/mol. The fourth-order valence-electron chi connectivity index (χ4n) is 2.51. The standard InChI is InChI=1S/C16H22ClN3O/c1-5-19-14(8-10(2)3)15(18)16(21)20(19)12-7-6-11(4)13(17)9-12/h6-7,9-10H,5,8,18H2,1-4H3. The fraction of sp³-hybridized carbons (Fsp3) is 0.438. The van der Waals surface area contributed by atoms with Gasteiger partial charge < -0.3 is 5.73 Å². The molecule has 0 aliphatic heterocycles. The van der Waals surface area contributed by atoms with Crippen molar-refractivity contribution in [1.29, 1.82) is 0 Å². The van der Waals surface area contributed by atoms with Crippen LogP contribution >= 0.6 is 11.6 Å². The molecule has 1 aromatic heterocycles. The van der Waals surface area contributed by atoms with E-state index in [0.717, 1.165) is 23.4 Å². The van der Waals surface area contributed by atoms with Crippen LogP contribution < -0.4 is 11.3 Å². The fourth-order valence-corrected chi connectivity index (χ4v) is 2.69. The van der Waals surface area contributed by atoms with Crippen molar-refractivity contribution in [2.24, 2.45) is 5.92 Å². The monoisotopic (exact) mass is 307 g/mol. The summed E-state index contributed by atoms with van der Waals surface area (Å²) in [5.74, 6) is 0.432. The van der Waals surface area contributed by atoms with Gasteiger partial charge in [-0.05, 0) is 43.9 Å². The van der Waals surface area contributed by atoms with Gasteiger partial charge in [0.25, 0.3) is 5.56 Å². The second-order valence-corrected chi connectivity index (χ2v) is 6.13. The Bertz CT molecular complexity index is 713. The third-order valence-electron chi connectivity index (χ3n) is 3.59. The zero-order chi connectivity index (χ0) is 15.7. The Morgan fingerprint density at radius 3 is 2.52 bits per heavy atom. The lowest BCUT2D eigenvalue weighted by Gasteiger charge is -2.14. The molecule has 0 aliphatic carbocycles. The van der Waals surface area contributed by atoms with Crippen molar-refractivity contribution in [3.8, 4) is 5.69 Å². The molecule has 0 bridgehead atoms. The van der Waals surface area contributed by atoms with Crippen LogP contribution in [0.25, 0.3) is 5.69 Å². The molecule has 1 heterocycles. The molecular formula is C16H22ClN3O. The number of aryl methyl sites for hydroxylation is 1. The van der Waals surface area contributed by atoms with Crippen LogP contribution in [-0.4, -0.2) is 9.36 Å². The quantitative estimate of drug-likeness (QED) is 0.941. The smallest absolute Gasteiger partial charge is 0.294 e. The van der Waals surface area contributed by atoms with Gasteiger partial charge in [0, 0.05) is 11.6 Å². The molecule has 114 valence electrons. The molecule has 21 heavy (non-hydrogen) atoms. The minimum Gasteiger partial charge on any atom is -0.393 e. The molecule has 0 radical (unpaired) electrons. The molecule has 0 atom stereocenters. The molecule has 0 saturated heterocycles. The van der Waals surface area contributed by atoms with Crippen LogP contribution in [0.3, 0.4) is 0 Å². The van der Waals surface area contributed by atoms with Crippen molar-refractivity contribution in [3.63, 3.8) is 0 Å². The maximum absolute atomic E-state index is 12.5. The van der Waals surface area contributed by atoms with Gasteiger partial charge in [-0.1, -0.05) is 31.5 Å². The minimum atomic E-state index is -0.174. The summed E-state index contributed by atoms with van der Waals surface area (Å²) in [6.45, 7) is 8.86. The van der Waals surface area contributed by atoms with Gasteiger partial charge in [-0.25, -0.2) is 4.68 Å². The van der Waals surface area contributed by atoms with Crippen molar-refractivity contribution < 1.29 is 0 Å². The molecule has 0 saturated carbocycles. The maximum atomic E-state index is 12.5. The first-order valence-electron chi connectivity index (χ1n) is 7.23. The molecule has 0 amide bonds. The van der Waals surface area contributed by atoms with E-state index < -0.39 is 0 Å². The van der Waals surface area contributed by atoms with E-state index >= 15 is 0 Å². The van der Waals surface area contributed by atoms with Crippen LogP contribution in [-0.2, 0) is 13.0 Å². The molecule has 1 aromatic carbocycles. The van der Waals surface area contributed by atoms with Gasteiger partial charge in [0.15, 0.2) is 0 Å². The largest absolute Gasteiger partial charge is 0.393 e. The predicted octanol–water partition coefficient (Wildman–Crippen LogP) is 3.40. The number of rotatable bonds is 4. The van der Waals surface area contributed by atoms with E-state index in [0.29, 0.717) is 23.2 Å². The maximum Gasteiger partial charge on any atom is 0.294 e. The molecule has 5 heteroatoms. The summed E-state index contributed by atoms with van der Waals surface area (Å²) in [6.07, 6.45) is 0.779. The van der Waals surface area contributed by atoms with Crippen LogP contribution in [0.5, 0.6) is 0 Å². The van der Waals surface area contributed by atoms with Gasteiger partial charge in [0.1, 0.15) is 5.69 Å². The van der Waals surface area contributed by atoms with Crippen molar-refractivity contribution >= 4 is 17.3 Å². The summed E-state index contributed by atoms with van der Waals surface area (Å²) in [5.41, 5.74) is 8.84. The van der Waals surface area contributed by atoms with Crippen molar-refractivity contribution in [1.82, 2.24) is 9.36 Å². The van der Waals surface area contributed by atoms with Gasteiger partial charge >= 0.3 is 0 Å². The van der Waals surface area contributed by atoms with E-state index in [1.54, 1.807) is 4.68 Å². The normalized spacial score (nSPS) is 11.3. The van der Waals surface area contributed by atoms with E-state index in [2.05, 4.69) is 13.8 Å². The third-order valence-corrected chi connectivity index (χ3v) is 3.99. The summed E-state index contributed by atoms with van der Waals surface area (Å²) in [5, 5.41) is 0.646. The van der Waals surface area contributed by atoms with Gasteiger partial charge in [-0.2, -0.15) is 0 Å². The Kier molecular flexibility index (Phi) is 4.47. The molecule has 2 N–H and O–H groups in total. The van der Waals surface area contributed by atoms with E-state index in [4.69, 9.17) is 17.3 Å². The number of nitrogens with zero attached hydrogens (tertiary/aromatic N) is 2. The van der Waals surface area contributed by atoms with E-state index in [9.17, 15) is 4.79 Å². The first-order chi connectivity index (χ1) is 9.86. The lowest BCUT2D eigenvalue weighted by atomic mass is 10.1. The van der Waals surface area contributed by atoms with Crippen molar-refractivity contribution in [2.75, 3.05) is 5.73 Å². The molecule has 0 spiro atoms. The van der Waals surface area contributed by atoms with E-state index in [-0.39, 0.29) is 5.56 Å². The predicted molar refractivity (Wildman–Crippen MR) is 88.4 cm³/mol. The van der Waals surface area contributed by atoms with Crippen LogP contribution in [0.1, 0.15) is 32.0 Å². The van der Waals surface area contributed by atoms with Crippen LogP contribution in [0, 0.1) is 12.8 Å². The lowest BCUT2D eigenvalue weighted by Crippen LogP contribution is -2.22. The minimum absolute atomic E-state index is 0.174. The highest BCUT2D eigenvalue weighted by Crippen LogP contribution is 2.21. The van der Waals surface area contributed by atoms with Crippen molar-refractivity contribution in [2.45, 2.75) is 40.7 Å². The Balaban J connectivity index is 2.68. The zero-order valence-corrected chi connectivity index (χ0v) is 13.7. The van der Waals surface area contributed by atoms with Gasteiger partial charge in [-0.3, -0.25) is 9.48 Å². The van der Waals surface area contributed by atoms with Gasteiger partial charge in [0.2, 0.25) is 0 Å². The molecule has 4 nitrogen and oxygen atoms in total. The molecule has 2 aromatic rings. The Morgan fingerprint density at radius 2 is 2.00 bits per heavy atom. The number of halogens is 1. The van der Waals surface area contributed by atoms with Crippen LogP contribution in [0.15, 0.2) is 23.0 Å². The Morgan fingerprint density at radius 1 is 1.33 bits per heavy atom. The number of benzene rings is 1. The SMILES string of the molecule is CCn1c(CC(C)C)c(N)c(=O)n1-c1ccc(C)c(Cl)c1. The topological polar surface area (TPSA) is 52.9 Å². The highest BCUT2D eigenvalue weighted by Gasteiger charge is 2.19. The van der Waals surface area contributed by atoms with E-state index in [1.807, 2.05) is 36.7 Å². The Labute approximate surface area is 130 Å². The number of hydrogen-bond donors (Lipinski definition) is 1. The molecular weight excluding hydrogens is 286 g/mol. The van der Waals surface area contributed by atoms with Gasteiger partial charge in [-0.15, -0.1) is 0 Å². The van der Waals surface area contributed by atoms with E-state index in [1.165, 1.54) is 0 Å². The number of anilines is 1. The zero-order valence-electron chi connectivity index (χ0n) is 13.0.